The highest BCUT2D eigenvalue weighted by atomic mass is 32.2. The molecular formula is C42H48O6S2Si. The smallest absolute Gasteiger partial charge is 0.340 e. The summed E-state index contributed by atoms with van der Waals surface area (Å²) in [6, 6.07) is 36.8. The SMILES string of the molecule is CCCCOc1ccc(Sc2ccc(-c3ccccc3C(O)c3cccc(CO[Si](C)(C)C(C)(C)C)c3)cc2S(=O)(=O)Oc2ccccc2)cc1. The van der Waals surface area contributed by atoms with E-state index in [1.54, 1.807) is 42.5 Å². The van der Waals surface area contributed by atoms with Crippen LogP contribution in [0.25, 0.3) is 11.1 Å². The molecule has 1 unspecified atom stereocenters. The molecule has 5 rings (SSSR count). The summed E-state index contributed by atoms with van der Waals surface area (Å²) in [5, 5.41) is 11.9. The number of hydrogen-bond acceptors (Lipinski definition) is 7. The molecule has 0 aromatic heterocycles. The second kappa shape index (κ2) is 16.6. The van der Waals surface area contributed by atoms with Crippen LogP contribution in [0.1, 0.15) is 63.3 Å². The molecule has 0 radical (unpaired) electrons. The Hall–Kier alpha value is -3.86. The Kier molecular flexibility index (Phi) is 12.5. The first-order valence-corrected chi connectivity index (χ1v) is 22.5. The molecule has 51 heavy (non-hydrogen) atoms. The van der Waals surface area contributed by atoms with Gasteiger partial charge in [0.05, 0.1) is 13.2 Å². The molecule has 1 atom stereocenters. The molecule has 0 bridgehead atoms. The largest absolute Gasteiger partial charge is 0.494 e. The van der Waals surface area contributed by atoms with E-state index >= 15 is 0 Å². The quantitative estimate of drug-likeness (QED) is 0.0650. The fraction of sp³-hybridized carbons (Fsp3) is 0.286. The van der Waals surface area contributed by atoms with Gasteiger partial charge in [0.25, 0.3) is 0 Å². The predicted octanol–water partition coefficient (Wildman–Crippen LogP) is 11.1. The maximum atomic E-state index is 14.0. The van der Waals surface area contributed by atoms with Crippen LogP contribution in [0.5, 0.6) is 11.5 Å². The maximum Gasteiger partial charge on any atom is 0.340 e. The monoisotopic (exact) mass is 740 g/mol. The van der Waals surface area contributed by atoms with E-state index in [0.717, 1.165) is 34.6 Å². The minimum Gasteiger partial charge on any atom is -0.494 e. The molecule has 0 amide bonds. The molecule has 6 nitrogen and oxygen atoms in total. The van der Waals surface area contributed by atoms with Crippen LogP contribution in [-0.4, -0.2) is 28.4 Å². The van der Waals surface area contributed by atoms with Crippen LogP contribution in [0, 0.1) is 0 Å². The van der Waals surface area contributed by atoms with Crippen LogP contribution >= 0.6 is 11.8 Å². The van der Waals surface area contributed by atoms with Gasteiger partial charge in [0.2, 0.25) is 0 Å². The Labute approximate surface area is 309 Å². The molecule has 268 valence electrons. The van der Waals surface area contributed by atoms with Gasteiger partial charge in [-0.25, -0.2) is 0 Å². The molecule has 0 heterocycles. The van der Waals surface area contributed by atoms with Crippen molar-refractivity contribution in [3.63, 3.8) is 0 Å². The zero-order chi connectivity index (χ0) is 36.6. The molecule has 0 saturated heterocycles. The number of aliphatic hydroxyl groups is 1. The van der Waals surface area contributed by atoms with E-state index in [2.05, 4.69) is 40.8 Å². The number of para-hydroxylation sites is 1. The van der Waals surface area contributed by atoms with Crippen molar-refractivity contribution in [3.05, 3.63) is 138 Å². The van der Waals surface area contributed by atoms with E-state index < -0.39 is 24.5 Å². The Bertz CT molecular complexity index is 2010. The average Bonchev–Trinajstić information content (AvgIpc) is 3.11. The normalized spacial score (nSPS) is 12.8. The molecule has 0 aliphatic heterocycles. The van der Waals surface area contributed by atoms with Gasteiger partial charge in [-0.2, -0.15) is 8.42 Å². The number of benzene rings is 5. The first-order chi connectivity index (χ1) is 24.3. The minimum atomic E-state index is -4.26. The van der Waals surface area contributed by atoms with Crippen molar-refractivity contribution >= 4 is 30.2 Å². The highest BCUT2D eigenvalue weighted by molar-refractivity contribution is 8.00. The number of hydrogen-bond donors (Lipinski definition) is 1. The lowest BCUT2D eigenvalue weighted by Gasteiger charge is -2.36. The first-order valence-electron chi connectivity index (χ1n) is 17.3. The summed E-state index contributed by atoms with van der Waals surface area (Å²) in [5.41, 5.74) is 3.73. The topological polar surface area (TPSA) is 82.1 Å². The Morgan fingerprint density at radius 1 is 0.804 bits per heavy atom. The summed E-state index contributed by atoms with van der Waals surface area (Å²) in [4.78, 5) is 1.41. The van der Waals surface area contributed by atoms with Crippen molar-refractivity contribution in [1.29, 1.82) is 0 Å². The van der Waals surface area contributed by atoms with Gasteiger partial charge < -0.3 is 18.5 Å². The lowest BCUT2D eigenvalue weighted by atomic mass is 9.92. The molecule has 5 aromatic rings. The zero-order valence-electron chi connectivity index (χ0n) is 30.3. The predicted molar refractivity (Wildman–Crippen MR) is 210 cm³/mol. The van der Waals surface area contributed by atoms with Gasteiger partial charge in [0, 0.05) is 9.79 Å². The number of unbranched alkanes of at least 4 members (excludes halogenated alkanes) is 1. The zero-order valence-corrected chi connectivity index (χ0v) is 32.9. The van der Waals surface area contributed by atoms with Gasteiger partial charge in [0.1, 0.15) is 22.5 Å². The third kappa shape index (κ3) is 9.93. The third-order valence-electron chi connectivity index (χ3n) is 9.22. The van der Waals surface area contributed by atoms with E-state index in [1.807, 2.05) is 78.9 Å². The summed E-state index contributed by atoms with van der Waals surface area (Å²) in [6.45, 7) is 14.3. The van der Waals surface area contributed by atoms with Crippen molar-refractivity contribution in [1.82, 2.24) is 0 Å². The van der Waals surface area contributed by atoms with Gasteiger partial charge >= 0.3 is 10.1 Å². The van der Waals surface area contributed by atoms with Crippen molar-refractivity contribution in [3.8, 4) is 22.6 Å². The molecule has 0 saturated carbocycles. The van der Waals surface area contributed by atoms with E-state index in [-0.39, 0.29) is 15.7 Å². The lowest BCUT2D eigenvalue weighted by molar-refractivity contribution is 0.220. The van der Waals surface area contributed by atoms with E-state index in [4.69, 9.17) is 13.3 Å². The summed E-state index contributed by atoms with van der Waals surface area (Å²) < 4.78 is 45.8. The van der Waals surface area contributed by atoms with Crippen LogP contribution in [0.15, 0.2) is 136 Å². The Morgan fingerprint density at radius 2 is 1.51 bits per heavy atom. The number of ether oxygens (including phenoxy) is 1. The highest BCUT2D eigenvalue weighted by Gasteiger charge is 2.37. The molecule has 0 spiro atoms. The molecule has 9 heteroatoms. The third-order valence-corrected chi connectivity index (χ3v) is 16.2. The van der Waals surface area contributed by atoms with Crippen molar-refractivity contribution < 1.29 is 26.9 Å². The second-order valence-corrected chi connectivity index (χ2v) is 21.5. The van der Waals surface area contributed by atoms with Crippen LogP contribution in [0.2, 0.25) is 18.1 Å². The molecule has 5 aromatic carbocycles. The summed E-state index contributed by atoms with van der Waals surface area (Å²) in [5.74, 6) is 0.993. The Morgan fingerprint density at radius 3 is 2.22 bits per heavy atom. The standard InChI is InChI=1S/C42H48O6S2Si/c1-7-8-27-46-34-22-24-36(25-23-34)49-39-26-21-32(29-40(39)50(44,45)48-35-17-10-9-11-18-35)37-19-12-13-20-38(37)41(43)33-16-14-15-31(28-33)30-47-51(5,6)42(2,3)4/h9-26,28-29,41,43H,7-8,27,30H2,1-6H3. The van der Waals surface area contributed by atoms with Crippen LogP contribution in [0.4, 0.5) is 0 Å². The van der Waals surface area contributed by atoms with Crippen LogP contribution in [0.3, 0.4) is 0 Å². The summed E-state index contributed by atoms with van der Waals surface area (Å²) in [7, 11) is -6.22. The van der Waals surface area contributed by atoms with E-state index in [0.29, 0.717) is 34.8 Å². The molecule has 0 fully saturated rings. The van der Waals surface area contributed by atoms with Gasteiger partial charge in [-0.1, -0.05) is 119 Å². The highest BCUT2D eigenvalue weighted by Crippen LogP contribution is 2.40. The minimum absolute atomic E-state index is 0.0335. The van der Waals surface area contributed by atoms with Gasteiger partial charge in [0.15, 0.2) is 8.32 Å². The molecule has 0 aliphatic rings. The number of aliphatic hydroxyl groups excluding tert-OH is 1. The molecular weight excluding hydrogens is 693 g/mol. The summed E-state index contributed by atoms with van der Waals surface area (Å²) in [6.07, 6.45) is 1.07. The molecule has 0 aliphatic carbocycles. The maximum absolute atomic E-state index is 14.0. The van der Waals surface area contributed by atoms with E-state index in [9.17, 15) is 13.5 Å². The van der Waals surface area contributed by atoms with Gasteiger partial charge in [-0.3, -0.25) is 0 Å². The average molecular weight is 741 g/mol. The van der Waals surface area contributed by atoms with Crippen molar-refractivity contribution in [2.45, 2.75) is 86.1 Å². The lowest BCUT2D eigenvalue weighted by Crippen LogP contribution is -2.40. The van der Waals surface area contributed by atoms with Gasteiger partial charge in [-0.15, -0.1) is 0 Å². The summed E-state index contributed by atoms with van der Waals surface area (Å²) >= 11 is 1.34. The fourth-order valence-corrected chi connectivity index (χ4v) is 8.43. The first kappa shape index (κ1) is 38.4. The second-order valence-electron chi connectivity index (χ2n) is 14.1. The van der Waals surface area contributed by atoms with Gasteiger partial charge in [-0.05, 0) is 101 Å². The van der Waals surface area contributed by atoms with Crippen LogP contribution < -0.4 is 8.92 Å². The number of rotatable bonds is 15. The van der Waals surface area contributed by atoms with Crippen LogP contribution in [-0.2, 0) is 21.2 Å². The molecule has 1 N–H and O–H groups in total. The van der Waals surface area contributed by atoms with Crippen molar-refractivity contribution in [2.24, 2.45) is 0 Å². The van der Waals surface area contributed by atoms with E-state index in [1.165, 1.54) is 11.8 Å². The Balaban J connectivity index is 1.48. The van der Waals surface area contributed by atoms with Crippen molar-refractivity contribution in [2.75, 3.05) is 6.61 Å². The fourth-order valence-electron chi connectivity index (χ4n) is 5.18.